The van der Waals surface area contributed by atoms with Gasteiger partial charge < -0.3 is 50.0 Å². The average molecular weight is 866 g/mol. The molecule has 4 aromatic rings. The summed E-state index contributed by atoms with van der Waals surface area (Å²) in [4.78, 5) is 20.5. The molecule has 0 bridgehead atoms. The Hall–Kier alpha value is -3.23. The molecule has 0 unspecified atom stereocenters. The maximum atomic E-state index is 4.49. The van der Waals surface area contributed by atoms with Crippen LogP contribution in [0.15, 0.2) is 82.8 Å². The van der Waals surface area contributed by atoms with Crippen LogP contribution >= 0.6 is 0 Å². The van der Waals surface area contributed by atoms with E-state index < -0.39 is 0 Å². The first-order valence-electron chi connectivity index (χ1n) is 22.3. The van der Waals surface area contributed by atoms with Gasteiger partial charge in [0.05, 0.1) is 35.2 Å². The monoisotopic (exact) mass is 866 g/mol. The van der Waals surface area contributed by atoms with Crippen molar-refractivity contribution in [3.8, 4) is 0 Å². The zero-order valence-corrected chi connectivity index (χ0v) is 44.4. The second-order valence-corrected chi connectivity index (χ2v) is 18.0. The number of likely N-dealkylation sites (N-methyl/N-ethyl adjacent to an activating group) is 6. The summed E-state index contributed by atoms with van der Waals surface area (Å²) in [6, 6.07) is 24.7. The van der Waals surface area contributed by atoms with Crippen molar-refractivity contribution >= 4 is 35.4 Å². The predicted octanol–water partition coefficient (Wildman–Crippen LogP) is 0.410. The molecule has 0 saturated carbocycles. The molecule has 0 heterocycles. The van der Waals surface area contributed by atoms with Gasteiger partial charge in [-0.15, -0.1) is 0 Å². The van der Waals surface area contributed by atoms with E-state index in [4.69, 9.17) is 0 Å². The number of hydrogen-bond donors (Lipinski definition) is 3. The van der Waals surface area contributed by atoms with Crippen LogP contribution in [-0.4, -0.2) is 150 Å². The molecule has 0 spiro atoms. The number of nitrogens with zero attached hydrogens (tertiary/aromatic N) is 7. The van der Waals surface area contributed by atoms with Crippen LogP contribution in [0.4, 0.5) is 22.7 Å². The standard InChI is InChI=1S/2C17H19N2.2C9H23N3.2Li/c2*1-12-7-5-8-13(2)16(12)18-11-19-17-14(3)9-6-10-15(17)4;2*1-10(2)6-8-12(5)9-7-11(3)4;;/h2*5-11H,1-4H3;2*6-9H2,1-5H3;;/q2*-1;;;2*+1/p+3. The summed E-state index contributed by atoms with van der Waals surface area (Å²) in [6.45, 7) is 26.3. The summed E-state index contributed by atoms with van der Waals surface area (Å²) >= 11 is 0. The Morgan fingerprint density at radius 1 is 0.422 bits per heavy atom. The molecular formula is C52H87Li2N10+3. The Kier molecular flexibility index (Phi) is 34.4. The van der Waals surface area contributed by atoms with Crippen molar-refractivity contribution in [1.82, 2.24) is 14.7 Å². The van der Waals surface area contributed by atoms with Crippen molar-refractivity contribution in [2.24, 2.45) is 9.98 Å². The summed E-state index contributed by atoms with van der Waals surface area (Å²) < 4.78 is 0. The summed E-state index contributed by atoms with van der Waals surface area (Å²) in [6.07, 6.45) is 3.31. The van der Waals surface area contributed by atoms with Crippen molar-refractivity contribution in [3.05, 3.63) is 128 Å². The predicted molar refractivity (Wildman–Crippen MR) is 273 cm³/mol. The van der Waals surface area contributed by atoms with Gasteiger partial charge in [0.2, 0.25) is 0 Å². The van der Waals surface area contributed by atoms with E-state index in [-0.39, 0.29) is 37.7 Å². The van der Waals surface area contributed by atoms with Gasteiger partial charge >= 0.3 is 37.7 Å². The third-order valence-electron chi connectivity index (χ3n) is 10.5. The SMILES string of the molecule is CN(C)CCN(C)CCN(C)C.C[NH+](C)CC[NH+](C)CC[NH+](C)C.Cc1cccc(C)c1N=C[N-]c1c(C)cccc1C.Cc1cccc(C)c1N=C[N-]c1c(C)cccc1C.[Li+].[Li+]. The van der Waals surface area contributed by atoms with Gasteiger partial charge in [0.25, 0.3) is 0 Å². The van der Waals surface area contributed by atoms with Gasteiger partial charge in [-0.3, -0.25) is 0 Å². The van der Waals surface area contributed by atoms with Crippen LogP contribution in [0.2, 0.25) is 0 Å². The normalized spacial score (nSPS) is 11.0. The first-order chi connectivity index (χ1) is 29.2. The Morgan fingerprint density at radius 2 is 0.688 bits per heavy atom. The van der Waals surface area contributed by atoms with E-state index in [2.05, 4.69) is 210 Å². The molecule has 10 nitrogen and oxygen atoms in total. The first kappa shape index (κ1) is 62.9. The van der Waals surface area contributed by atoms with E-state index in [1.165, 1.54) is 70.7 Å². The fourth-order valence-corrected chi connectivity index (χ4v) is 6.23. The molecule has 0 fully saturated rings. The molecule has 0 aliphatic carbocycles. The zero-order chi connectivity index (χ0) is 46.8. The van der Waals surface area contributed by atoms with E-state index in [1.807, 2.05) is 24.3 Å². The van der Waals surface area contributed by atoms with Crippen molar-refractivity contribution in [2.45, 2.75) is 55.4 Å². The Balaban J connectivity index is 0. The number of rotatable bonds is 18. The molecule has 3 N–H and O–H groups in total. The summed E-state index contributed by atoms with van der Waals surface area (Å²) in [5.74, 6) is 0. The van der Waals surface area contributed by atoms with Gasteiger partial charge in [-0.1, -0.05) is 85.5 Å². The third-order valence-corrected chi connectivity index (χ3v) is 10.5. The number of benzene rings is 4. The number of nitrogens with one attached hydrogen (secondary N) is 3. The van der Waals surface area contributed by atoms with Gasteiger partial charge in [0.1, 0.15) is 26.2 Å². The molecule has 4 rings (SSSR count). The van der Waals surface area contributed by atoms with Gasteiger partial charge in [-0.05, 0) is 158 Å². The molecule has 0 radical (unpaired) electrons. The minimum Gasteiger partial charge on any atom is -0.443 e. The van der Waals surface area contributed by atoms with Crippen LogP contribution in [-0.2, 0) is 0 Å². The van der Waals surface area contributed by atoms with Gasteiger partial charge in [-0.2, -0.15) is 0 Å². The molecule has 64 heavy (non-hydrogen) atoms. The minimum atomic E-state index is 0. The molecule has 0 saturated heterocycles. The molecule has 0 aliphatic heterocycles. The maximum Gasteiger partial charge on any atom is 1.00 e. The largest absolute Gasteiger partial charge is 1.00 e. The molecule has 0 amide bonds. The first-order valence-corrected chi connectivity index (χ1v) is 22.3. The second-order valence-electron chi connectivity index (χ2n) is 18.0. The number of aliphatic imine (C=N–C) groups is 2. The van der Waals surface area contributed by atoms with Gasteiger partial charge in [0.15, 0.2) is 0 Å². The van der Waals surface area contributed by atoms with E-state index in [9.17, 15) is 0 Å². The zero-order valence-electron chi connectivity index (χ0n) is 44.4. The van der Waals surface area contributed by atoms with Gasteiger partial charge in [-0.25, -0.2) is 0 Å². The number of para-hydroxylation sites is 4. The Labute approximate surface area is 416 Å². The summed E-state index contributed by atoms with van der Waals surface area (Å²) in [5, 5.41) is 8.98. The van der Waals surface area contributed by atoms with Crippen LogP contribution in [0, 0.1) is 55.4 Å². The van der Waals surface area contributed by atoms with E-state index in [1.54, 1.807) is 27.4 Å². The van der Waals surface area contributed by atoms with Crippen LogP contribution < -0.4 is 52.4 Å². The second kappa shape index (κ2) is 35.0. The fraction of sp³-hybridized carbons (Fsp3) is 0.500. The van der Waals surface area contributed by atoms with E-state index in [0.29, 0.717) is 0 Å². The number of quaternary nitrogens is 3. The smallest absolute Gasteiger partial charge is 0.443 e. The topological polar surface area (TPSA) is 76.0 Å². The molecule has 4 aromatic carbocycles. The van der Waals surface area contributed by atoms with Crippen LogP contribution in [0.3, 0.4) is 0 Å². The number of hydrogen-bond acceptors (Lipinski definition) is 5. The molecule has 0 aromatic heterocycles. The van der Waals surface area contributed by atoms with Crippen LogP contribution in [0.5, 0.6) is 0 Å². The molecule has 0 aliphatic rings. The molecule has 0 atom stereocenters. The maximum absolute atomic E-state index is 4.49. The Morgan fingerprint density at radius 3 is 0.938 bits per heavy atom. The van der Waals surface area contributed by atoms with Crippen LogP contribution in [0.25, 0.3) is 10.6 Å². The minimum absolute atomic E-state index is 0. The van der Waals surface area contributed by atoms with Crippen molar-refractivity contribution in [2.75, 3.05) is 123 Å². The third kappa shape index (κ3) is 27.3. The quantitative estimate of drug-likeness (QED) is 0.0772. The Bertz CT molecular complexity index is 1670. The van der Waals surface area contributed by atoms with E-state index >= 15 is 0 Å². The van der Waals surface area contributed by atoms with E-state index in [0.717, 1.165) is 48.9 Å². The fourth-order valence-electron chi connectivity index (χ4n) is 6.23. The molecular weight excluding hydrogens is 779 g/mol. The average Bonchev–Trinajstić information content (AvgIpc) is 3.19. The number of aryl methyl sites for hydroxylation is 8. The van der Waals surface area contributed by atoms with Gasteiger partial charge in [0, 0.05) is 26.2 Å². The van der Waals surface area contributed by atoms with Crippen molar-refractivity contribution in [3.63, 3.8) is 0 Å². The van der Waals surface area contributed by atoms with Crippen molar-refractivity contribution < 1.29 is 52.4 Å². The van der Waals surface area contributed by atoms with Crippen molar-refractivity contribution in [1.29, 1.82) is 0 Å². The summed E-state index contributed by atoms with van der Waals surface area (Å²) in [7, 11) is 21.8. The molecule has 344 valence electrons. The molecule has 12 heteroatoms. The summed E-state index contributed by atoms with van der Waals surface area (Å²) in [5.41, 5.74) is 13.4. The van der Waals surface area contributed by atoms with Crippen LogP contribution in [0.1, 0.15) is 44.5 Å².